The SMILES string of the molecule is NC(=O)CCCc1ccc(C2CCNCC2)cc1. The lowest BCUT2D eigenvalue weighted by Crippen LogP contribution is -2.26. The molecule has 0 saturated carbocycles. The Hall–Kier alpha value is -1.35. The van der Waals surface area contributed by atoms with Gasteiger partial charge in [-0.2, -0.15) is 0 Å². The number of hydrogen-bond acceptors (Lipinski definition) is 2. The molecule has 1 aromatic carbocycles. The van der Waals surface area contributed by atoms with Gasteiger partial charge in [0.15, 0.2) is 0 Å². The number of amides is 1. The molecule has 0 atom stereocenters. The van der Waals surface area contributed by atoms with Crippen molar-refractivity contribution >= 4 is 5.91 Å². The van der Waals surface area contributed by atoms with Gasteiger partial charge in [0, 0.05) is 6.42 Å². The summed E-state index contributed by atoms with van der Waals surface area (Å²) < 4.78 is 0. The molecule has 1 aliphatic heterocycles. The molecule has 1 heterocycles. The molecule has 0 bridgehead atoms. The zero-order valence-electron chi connectivity index (χ0n) is 10.8. The van der Waals surface area contributed by atoms with Gasteiger partial charge in [-0.25, -0.2) is 0 Å². The van der Waals surface area contributed by atoms with Gasteiger partial charge in [-0.05, 0) is 55.8 Å². The molecule has 18 heavy (non-hydrogen) atoms. The van der Waals surface area contributed by atoms with Crippen LogP contribution >= 0.6 is 0 Å². The zero-order valence-corrected chi connectivity index (χ0v) is 10.8. The molecule has 0 aliphatic carbocycles. The fourth-order valence-electron chi connectivity index (χ4n) is 2.58. The van der Waals surface area contributed by atoms with Gasteiger partial charge in [-0.3, -0.25) is 4.79 Å². The lowest BCUT2D eigenvalue weighted by molar-refractivity contribution is -0.118. The highest BCUT2D eigenvalue weighted by molar-refractivity contribution is 5.73. The first-order valence-electron chi connectivity index (χ1n) is 6.83. The zero-order chi connectivity index (χ0) is 12.8. The third kappa shape index (κ3) is 3.84. The van der Waals surface area contributed by atoms with Crippen LogP contribution in [0.5, 0.6) is 0 Å². The van der Waals surface area contributed by atoms with E-state index in [1.165, 1.54) is 24.0 Å². The second-order valence-corrected chi connectivity index (χ2v) is 5.09. The second-order valence-electron chi connectivity index (χ2n) is 5.09. The minimum Gasteiger partial charge on any atom is -0.370 e. The average Bonchev–Trinajstić information content (AvgIpc) is 2.40. The van der Waals surface area contributed by atoms with Crippen LogP contribution in [0.2, 0.25) is 0 Å². The van der Waals surface area contributed by atoms with Crippen molar-refractivity contribution in [1.82, 2.24) is 5.32 Å². The minimum absolute atomic E-state index is 0.207. The molecule has 0 spiro atoms. The number of nitrogens with two attached hydrogens (primary N) is 1. The van der Waals surface area contributed by atoms with E-state index in [2.05, 4.69) is 29.6 Å². The van der Waals surface area contributed by atoms with Crippen molar-refractivity contribution in [1.29, 1.82) is 0 Å². The Labute approximate surface area is 109 Å². The molecule has 1 fully saturated rings. The summed E-state index contributed by atoms with van der Waals surface area (Å²) in [6, 6.07) is 8.88. The molecule has 0 radical (unpaired) electrons. The first-order chi connectivity index (χ1) is 8.75. The maximum absolute atomic E-state index is 10.7. The maximum Gasteiger partial charge on any atom is 0.217 e. The molecule has 1 amide bonds. The van der Waals surface area contributed by atoms with Crippen LogP contribution in [-0.2, 0) is 11.2 Å². The average molecular weight is 246 g/mol. The largest absolute Gasteiger partial charge is 0.370 e. The smallest absolute Gasteiger partial charge is 0.217 e. The van der Waals surface area contributed by atoms with E-state index in [9.17, 15) is 4.79 Å². The van der Waals surface area contributed by atoms with E-state index >= 15 is 0 Å². The normalized spacial score (nSPS) is 16.7. The number of benzene rings is 1. The lowest BCUT2D eigenvalue weighted by Gasteiger charge is -2.23. The van der Waals surface area contributed by atoms with Crippen LogP contribution in [0.25, 0.3) is 0 Å². The molecule has 1 aliphatic rings. The van der Waals surface area contributed by atoms with Gasteiger partial charge < -0.3 is 11.1 Å². The number of piperidine rings is 1. The summed E-state index contributed by atoms with van der Waals surface area (Å²) in [4.78, 5) is 10.7. The Morgan fingerprint density at radius 1 is 1.22 bits per heavy atom. The highest BCUT2D eigenvalue weighted by atomic mass is 16.1. The minimum atomic E-state index is -0.207. The first-order valence-corrected chi connectivity index (χ1v) is 6.83. The molecule has 98 valence electrons. The number of carbonyl (C=O) groups is 1. The van der Waals surface area contributed by atoms with Crippen molar-refractivity contribution in [2.45, 2.75) is 38.0 Å². The van der Waals surface area contributed by atoms with Crippen LogP contribution in [0.4, 0.5) is 0 Å². The summed E-state index contributed by atoms with van der Waals surface area (Å²) in [6.45, 7) is 2.26. The fraction of sp³-hybridized carbons (Fsp3) is 0.533. The third-order valence-corrected chi connectivity index (χ3v) is 3.68. The van der Waals surface area contributed by atoms with E-state index in [-0.39, 0.29) is 5.91 Å². The van der Waals surface area contributed by atoms with E-state index in [1.54, 1.807) is 0 Å². The van der Waals surface area contributed by atoms with Crippen molar-refractivity contribution in [3.05, 3.63) is 35.4 Å². The molecule has 3 N–H and O–H groups in total. The first kappa shape index (κ1) is 13.1. The molecule has 1 saturated heterocycles. The van der Waals surface area contributed by atoms with Crippen molar-refractivity contribution < 1.29 is 4.79 Å². The summed E-state index contributed by atoms with van der Waals surface area (Å²) in [5, 5.41) is 3.39. The molecule has 0 unspecified atom stereocenters. The topological polar surface area (TPSA) is 55.1 Å². The monoisotopic (exact) mass is 246 g/mol. The third-order valence-electron chi connectivity index (χ3n) is 3.68. The summed E-state index contributed by atoms with van der Waals surface area (Å²) in [6.07, 6.45) is 4.75. The summed E-state index contributed by atoms with van der Waals surface area (Å²) in [5.74, 6) is 0.507. The summed E-state index contributed by atoms with van der Waals surface area (Å²) >= 11 is 0. The van der Waals surface area contributed by atoms with Gasteiger partial charge in [0.05, 0.1) is 0 Å². The molecular formula is C15H22N2O. The molecule has 3 heteroatoms. The summed E-state index contributed by atoms with van der Waals surface area (Å²) in [5.41, 5.74) is 7.89. The quantitative estimate of drug-likeness (QED) is 0.834. The van der Waals surface area contributed by atoms with Crippen molar-refractivity contribution in [2.24, 2.45) is 5.73 Å². The fourth-order valence-corrected chi connectivity index (χ4v) is 2.58. The van der Waals surface area contributed by atoms with Crippen LogP contribution in [0.3, 0.4) is 0 Å². The van der Waals surface area contributed by atoms with Crippen LogP contribution < -0.4 is 11.1 Å². The Kier molecular flexibility index (Phi) is 4.76. The van der Waals surface area contributed by atoms with Crippen LogP contribution in [0, 0.1) is 0 Å². The number of nitrogens with one attached hydrogen (secondary N) is 1. The molecular weight excluding hydrogens is 224 g/mol. The van der Waals surface area contributed by atoms with Gasteiger partial charge >= 0.3 is 0 Å². The lowest BCUT2D eigenvalue weighted by atomic mass is 9.89. The maximum atomic E-state index is 10.7. The highest BCUT2D eigenvalue weighted by Crippen LogP contribution is 2.25. The van der Waals surface area contributed by atoms with Crippen molar-refractivity contribution in [2.75, 3.05) is 13.1 Å². The van der Waals surface area contributed by atoms with Crippen LogP contribution in [-0.4, -0.2) is 19.0 Å². The number of rotatable bonds is 5. The highest BCUT2D eigenvalue weighted by Gasteiger charge is 2.14. The predicted molar refractivity (Wildman–Crippen MR) is 73.4 cm³/mol. The Morgan fingerprint density at radius 3 is 2.50 bits per heavy atom. The summed E-state index contributed by atoms with van der Waals surface area (Å²) in [7, 11) is 0. The molecule has 2 rings (SSSR count). The van der Waals surface area contributed by atoms with Gasteiger partial charge in [0.2, 0.25) is 5.91 Å². The van der Waals surface area contributed by atoms with Crippen LogP contribution in [0.1, 0.15) is 42.7 Å². The second kappa shape index (κ2) is 6.55. The van der Waals surface area contributed by atoms with E-state index in [4.69, 9.17) is 5.73 Å². The van der Waals surface area contributed by atoms with Gasteiger partial charge in [0.1, 0.15) is 0 Å². The van der Waals surface area contributed by atoms with Gasteiger partial charge in [0.25, 0.3) is 0 Å². The molecule has 0 aromatic heterocycles. The number of hydrogen-bond donors (Lipinski definition) is 2. The Morgan fingerprint density at radius 2 is 1.89 bits per heavy atom. The Balaban J connectivity index is 1.86. The molecule has 3 nitrogen and oxygen atoms in total. The number of primary amides is 1. The van der Waals surface area contributed by atoms with E-state index in [1.807, 2.05) is 0 Å². The molecule has 1 aromatic rings. The standard InChI is InChI=1S/C15H22N2O/c16-15(18)3-1-2-12-4-6-13(7-5-12)14-8-10-17-11-9-14/h4-7,14,17H,1-3,8-11H2,(H2,16,18). The van der Waals surface area contributed by atoms with Crippen LogP contribution in [0.15, 0.2) is 24.3 Å². The van der Waals surface area contributed by atoms with Gasteiger partial charge in [-0.15, -0.1) is 0 Å². The number of aryl methyl sites for hydroxylation is 1. The van der Waals surface area contributed by atoms with Gasteiger partial charge in [-0.1, -0.05) is 24.3 Å². The number of carbonyl (C=O) groups excluding carboxylic acids is 1. The predicted octanol–water partition coefficient (Wildman–Crippen LogP) is 1.96. The Bertz CT molecular complexity index is 380. The van der Waals surface area contributed by atoms with E-state index in [0.717, 1.165) is 25.9 Å². The van der Waals surface area contributed by atoms with E-state index < -0.39 is 0 Å². The van der Waals surface area contributed by atoms with Crippen molar-refractivity contribution in [3.8, 4) is 0 Å². The van der Waals surface area contributed by atoms with Crippen molar-refractivity contribution in [3.63, 3.8) is 0 Å². The van der Waals surface area contributed by atoms with E-state index in [0.29, 0.717) is 12.3 Å².